The molecular weight excluding hydrogens is 289 g/mol. The maximum atomic E-state index is 13.4. The molecule has 3 nitrogen and oxygen atoms in total. The topological polar surface area (TPSA) is 42.2 Å². The lowest BCUT2D eigenvalue weighted by atomic mass is 10.0. The Bertz CT molecular complexity index is 667. The SMILES string of the molecule is O=C(/C=C/c1ccco1)NC1CCSc2ccc(F)cc21. The second kappa shape index (κ2) is 6.18. The van der Waals surface area contributed by atoms with Gasteiger partial charge in [-0.15, -0.1) is 11.8 Å². The first-order valence-corrected chi connectivity index (χ1v) is 7.65. The van der Waals surface area contributed by atoms with E-state index in [1.54, 1.807) is 42.3 Å². The van der Waals surface area contributed by atoms with Crippen molar-refractivity contribution in [3.05, 3.63) is 59.8 Å². The molecule has 3 rings (SSSR count). The highest BCUT2D eigenvalue weighted by Gasteiger charge is 2.22. The molecule has 0 radical (unpaired) electrons. The van der Waals surface area contributed by atoms with E-state index in [-0.39, 0.29) is 17.8 Å². The van der Waals surface area contributed by atoms with Crippen LogP contribution in [0.15, 0.2) is 52.0 Å². The van der Waals surface area contributed by atoms with E-state index in [4.69, 9.17) is 4.42 Å². The third-order valence-electron chi connectivity index (χ3n) is 3.27. The second-order valence-electron chi connectivity index (χ2n) is 4.73. The van der Waals surface area contributed by atoms with Crippen LogP contribution in [0.2, 0.25) is 0 Å². The summed E-state index contributed by atoms with van der Waals surface area (Å²) in [5.74, 6) is 1.04. The lowest BCUT2D eigenvalue weighted by Crippen LogP contribution is -2.29. The highest BCUT2D eigenvalue weighted by atomic mass is 32.2. The zero-order chi connectivity index (χ0) is 14.7. The van der Waals surface area contributed by atoms with Gasteiger partial charge in [0.2, 0.25) is 5.91 Å². The van der Waals surface area contributed by atoms with Crippen LogP contribution < -0.4 is 5.32 Å². The third kappa shape index (κ3) is 3.36. The number of benzene rings is 1. The largest absolute Gasteiger partial charge is 0.465 e. The Balaban J connectivity index is 1.71. The van der Waals surface area contributed by atoms with Crippen molar-refractivity contribution >= 4 is 23.7 Å². The Morgan fingerprint density at radius 1 is 1.43 bits per heavy atom. The molecule has 1 aliphatic rings. The molecule has 0 bridgehead atoms. The molecule has 1 unspecified atom stereocenters. The minimum atomic E-state index is -0.276. The average molecular weight is 303 g/mol. The number of amides is 1. The molecule has 1 aliphatic heterocycles. The Kier molecular flexibility index (Phi) is 4.10. The summed E-state index contributed by atoms with van der Waals surface area (Å²) in [6.45, 7) is 0. The van der Waals surface area contributed by atoms with Gasteiger partial charge in [-0.05, 0) is 48.4 Å². The van der Waals surface area contributed by atoms with Crippen LogP contribution in [0.1, 0.15) is 23.8 Å². The molecule has 1 aromatic carbocycles. The number of fused-ring (bicyclic) bond motifs is 1. The van der Waals surface area contributed by atoms with E-state index in [1.165, 1.54) is 18.2 Å². The molecule has 0 spiro atoms. The van der Waals surface area contributed by atoms with Crippen LogP contribution >= 0.6 is 11.8 Å². The summed E-state index contributed by atoms with van der Waals surface area (Å²) < 4.78 is 18.5. The molecule has 108 valence electrons. The van der Waals surface area contributed by atoms with E-state index in [0.29, 0.717) is 5.76 Å². The molecule has 2 aromatic rings. The van der Waals surface area contributed by atoms with E-state index in [1.807, 2.05) is 0 Å². The minimum absolute atomic E-state index is 0.147. The van der Waals surface area contributed by atoms with Gasteiger partial charge in [0.05, 0.1) is 12.3 Å². The molecule has 0 saturated carbocycles. The number of rotatable bonds is 3. The zero-order valence-corrected chi connectivity index (χ0v) is 12.0. The van der Waals surface area contributed by atoms with Crippen molar-refractivity contribution in [2.75, 3.05) is 5.75 Å². The maximum absolute atomic E-state index is 13.4. The van der Waals surface area contributed by atoms with Crippen molar-refractivity contribution in [2.45, 2.75) is 17.4 Å². The van der Waals surface area contributed by atoms with Gasteiger partial charge in [-0.3, -0.25) is 4.79 Å². The van der Waals surface area contributed by atoms with E-state index in [0.717, 1.165) is 22.6 Å². The lowest BCUT2D eigenvalue weighted by Gasteiger charge is -2.25. The molecule has 21 heavy (non-hydrogen) atoms. The smallest absolute Gasteiger partial charge is 0.244 e. The molecule has 1 N–H and O–H groups in total. The van der Waals surface area contributed by atoms with Gasteiger partial charge in [-0.2, -0.15) is 0 Å². The zero-order valence-electron chi connectivity index (χ0n) is 11.2. The van der Waals surface area contributed by atoms with E-state index in [2.05, 4.69) is 5.32 Å². The van der Waals surface area contributed by atoms with Crippen molar-refractivity contribution < 1.29 is 13.6 Å². The van der Waals surface area contributed by atoms with Gasteiger partial charge in [-0.1, -0.05) is 0 Å². The van der Waals surface area contributed by atoms with Crippen molar-refractivity contribution in [3.63, 3.8) is 0 Å². The third-order valence-corrected chi connectivity index (χ3v) is 4.39. The Hall–Kier alpha value is -2.01. The standard InChI is InChI=1S/C16H14FNO2S/c17-11-3-5-15-13(10-11)14(7-9-21-15)18-16(19)6-4-12-2-1-8-20-12/h1-6,8,10,14H,7,9H2,(H,18,19)/b6-4+. The fourth-order valence-corrected chi connectivity index (χ4v) is 3.38. The number of nitrogens with one attached hydrogen (secondary N) is 1. The quantitative estimate of drug-likeness (QED) is 0.877. The first-order chi connectivity index (χ1) is 10.2. The van der Waals surface area contributed by atoms with Crippen LogP contribution in [0, 0.1) is 5.82 Å². The van der Waals surface area contributed by atoms with Gasteiger partial charge in [0.1, 0.15) is 11.6 Å². The number of carbonyl (C=O) groups excluding carboxylic acids is 1. The van der Waals surface area contributed by atoms with Crippen molar-refractivity contribution in [1.82, 2.24) is 5.32 Å². The first-order valence-electron chi connectivity index (χ1n) is 6.67. The number of halogens is 1. The monoisotopic (exact) mass is 303 g/mol. The highest BCUT2D eigenvalue weighted by molar-refractivity contribution is 7.99. The highest BCUT2D eigenvalue weighted by Crippen LogP contribution is 2.36. The van der Waals surface area contributed by atoms with Crippen molar-refractivity contribution in [2.24, 2.45) is 0 Å². The molecular formula is C16H14FNO2S. The number of thioether (sulfide) groups is 1. The van der Waals surface area contributed by atoms with Gasteiger partial charge >= 0.3 is 0 Å². The first kappa shape index (κ1) is 13.9. The van der Waals surface area contributed by atoms with Crippen LogP contribution in [-0.2, 0) is 4.79 Å². The van der Waals surface area contributed by atoms with Gasteiger partial charge in [0, 0.05) is 16.7 Å². The Morgan fingerprint density at radius 3 is 3.14 bits per heavy atom. The Labute approximate surface area is 126 Å². The molecule has 0 fully saturated rings. The predicted octanol–water partition coefficient (Wildman–Crippen LogP) is 3.79. The lowest BCUT2D eigenvalue weighted by molar-refractivity contribution is -0.117. The summed E-state index contributed by atoms with van der Waals surface area (Å²) in [5, 5.41) is 2.92. The summed E-state index contributed by atoms with van der Waals surface area (Å²) in [6.07, 6.45) is 5.38. The Morgan fingerprint density at radius 2 is 2.33 bits per heavy atom. The van der Waals surface area contributed by atoms with Gasteiger partial charge in [0.15, 0.2) is 0 Å². The van der Waals surface area contributed by atoms with Crippen LogP contribution in [0.4, 0.5) is 4.39 Å². The van der Waals surface area contributed by atoms with Gasteiger partial charge in [-0.25, -0.2) is 4.39 Å². The fraction of sp³-hybridized carbons (Fsp3) is 0.188. The molecule has 1 aromatic heterocycles. The summed E-state index contributed by atoms with van der Waals surface area (Å²) in [7, 11) is 0. The number of hydrogen-bond acceptors (Lipinski definition) is 3. The van der Waals surface area contributed by atoms with Crippen LogP contribution in [0.3, 0.4) is 0 Å². The fourth-order valence-electron chi connectivity index (χ4n) is 2.28. The molecule has 2 heterocycles. The molecule has 1 amide bonds. The summed E-state index contributed by atoms with van der Waals surface area (Å²) in [5.41, 5.74) is 0.853. The van der Waals surface area contributed by atoms with Crippen LogP contribution in [0.25, 0.3) is 6.08 Å². The van der Waals surface area contributed by atoms with Crippen molar-refractivity contribution in [3.8, 4) is 0 Å². The molecule has 0 saturated heterocycles. The maximum Gasteiger partial charge on any atom is 0.244 e. The minimum Gasteiger partial charge on any atom is -0.465 e. The number of carbonyl (C=O) groups is 1. The van der Waals surface area contributed by atoms with Crippen LogP contribution in [-0.4, -0.2) is 11.7 Å². The summed E-state index contributed by atoms with van der Waals surface area (Å²) in [6, 6.07) is 8.11. The summed E-state index contributed by atoms with van der Waals surface area (Å²) >= 11 is 1.69. The predicted molar refractivity (Wildman–Crippen MR) is 80.4 cm³/mol. The normalized spacial score (nSPS) is 17.7. The van der Waals surface area contributed by atoms with Gasteiger partial charge < -0.3 is 9.73 Å². The number of furan rings is 1. The van der Waals surface area contributed by atoms with Gasteiger partial charge in [0.25, 0.3) is 0 Å². The number of hydrogen-bond donors (Lipinski definition) is 1. The molecule has 0 aliphatic carbocycles. The average Bonchev–Trinajstić information content (AvgIpc) is 2.99. The van der Waals surface area contributed by atoms with E-state index < -0.39 is 0 Å². The second-order valence-corrected chi connectivity index (χ2v) is 5.87. The molecule has 1 atom stereocenters. The van der Waals surface area contributed by atoms with E-state index >= 15 is 0 Å². The van der Waals surface area contributed by atoms with Crippen LogP contribution in [0.5, 0.6) is 0 Å². The van der Waals surface area contributed by atoms with Crippen molar-refractivity contribution in [1.29, 1.82) is 0 Å². The van der Waals surface area contributed by atoms with E-state index in [9.17, 15) is 9.18 Å². The molecule has 5 heteroatoms. The summed E-state index contributed by atoms with van der Waals surface area (Å²) in [4.78, 5) is 13.0.